The maximum absolute atomic E-state index is 5.98. The van der Waals surface area contributed by atoms with Gasteiger partial charge in [0.05, 0.1) is 5.38 Å². The van der Waals surface area contributed by atoms with Crippen molar-refractivity contribution in [2.75, 3.05) is 11.9 Å². The number of nitrogens with zero attached hydrogens (tertiary/aromatic N) is 2. The molecule has 0 aromatic carbocycles. The molecule has 1 unspecified atom stereocenters. The van der Waals surface area contributed by atoms with Crippen LogP contribution in [0.15, 0.2) is 0 Å². The van der Waals surface area contributed by atoms with Crippen LogP contribution in [0, 0.1) is 0 Å². The first kappa shape index (κ1) is 11.7. The van der Waals surface area contributed by atoms with E-state index in [4.69, 9.17) is 11.6 Å². The molecule has 1 aromatic heterocycles. The predicted molar refractivity (Wildman–Crippen MR) is 62.4 cm³/mol. The minimum absolute atomic E-state index is 0.168. The van der Waals surface area contributed by atoms with Gasteiger partial charge < -0.3 is 5.32 Å². The molecule has 0 amide bonds. The van der Waals surface area contributed by atoms with E-state index in [1.54, 1.807) is 0 Å². The van der Waals surface area contributed by atoms with Crippen molar-refractivity contribution < 1.29 is 0 Å². The van der Waals surface area contributed by atoms with Crippen LogP contribution in [0.4, 0.5) is 5.13 Å². The molecule has 5 heteroatoms. The van der Waals surface area contributed by atoms with Crippen LogP contribution in [-0.4, -0.2) is 21.3 Å². The molecule has 1 N–H and O–H groups in total. The van der Waals surface area contributed by atoms with Gasteiger partial charge >= 0.3 is 0 Å². The number of nitrogens with one attached hydrogen (secondary N) is 1. The molecule has 0 saturated heterocycles. The maximum atomic E-state index is 5.98. The Balaban J connectivity index is 2.44. The number of rotatable bonds is 5. The van der Waals surface area contributed by atoms with Crippen molar-refractivity contribution in [2.24, 2.45) is 0 Å². The van der Waals surface area contributed by atoms with Crippen LogP contribution in [-0.2, 0) is 0 Å². The van der Waals surface area contributed by atoms with Crippen LogP contribution in [0.2, 0.25) is 0 Å². The zero-order valence-corrected chi connectivity index (χ0v) is 10.3. The number of alkyl halides is 1. The van der Waals surface area contributed by atoms with Crippen molar-refractivity contribution in [3.05, 3.63) is 5.82 Å². The highest BCUT2D eigenvalue weighted by Gasteiger charge is 2.08. The van der Waals surface area contributed by atoms with Crippen LogP contribution in [0.25, 0.3) is 0 Å². The lowest BCUT2D eigenvalue weighted by molar-refractivity contribution is 0.796. The Hall–Kier alpha value is -0.350. The van der Waals surface area contributed by atoms with E-state index in [9.17, 15) is 0 Å². The second-order valence-corrected chi connectivity index (χ2v) is 4.87. The smallest absolute Gasteiger partial charge is 0.202 e. The Kier molecular flexibility index (Phi) is 4.62. The van der Waals surface area contributed by atoms with Gasteiger partial charge in [0.25, 0.3) is 0 Å². The molecule has 1 atom stereocenters. The molecule has 0 fully saturated rings. The topological polar surface area (TPSA) is 37.8 Å². The van der Waals surface area contributed by atoms with E-state index < -0.39 is 0 Å². The van der Waals surface area contributed by atoms with Gasteiger partial charge in [-0.1, -0.05) is 20.8 Å². The van der Waals surface area contributed by atoms with Crippen molar-refractivity contribution in [3.8, 4) is 0 Å². The quantitative estimate of drug-likeness (QED) is 0.795. The number of hydrogen-bond acceptors (Lipinski definition) is 4. The number of halogens is 1. The third-order valence-corrected chi connectivity index (χ3v) is 3.03. The molecule has 1 rings (SSSR count). The van der Waals surface area contributed by atoms with Gasteiger partial charge in [0.1, 0.15) is 5.82 Å². The average Bonchev–Trinajstić information content (AvgIpc) is 2.62. The first-order valence-electron chi connectivity index (χ1n) is 4.85. The standard InChI is InChI=1S/C9H16ClN3S/c1-4-7(10)5-11-9-12-8(6(2)3)13-14-9/h6-7H,4-5H2,1-3H3,(H,11,12,13). The number of aromatic nitrogens is 2. The first-order valence-corrected chi connectivity index (χ1v) is 6.06. The van der Waals surface area contributed by atoms with E-state index in [1.165, 1.54) is 11.5 Å². The summed E-state index contributed by atoms with van der Waals surface area (Å²) in [7, 11) is 0. The zero-order chi connectivity index (χ0) is 10.6. The lowest BCUT2D eigenvalue weighted by Gasteiger charge is -2.05. The van der Waals surface area contributed by atoms with Crippen molar-refractivity contribution in [1.29, 1.82) is 0 Å². The molecule has 14 heavy (non-hydrogen) atoms. The minimum Gasteiger partial charge on any atom is -0.359 e. The van der Waals surface area contributed by atoms with Gasteiger partial charge in [-0.3, -0.25) is 0 Å². The summed E-state index contributed by atoms with van der Waals surface area (Å²) in [4.78, 5) is 4.35. The van der Waals surface area contributed by atoms with E-state index in [1.807, 2.05) is 0 Å². The van der Waals surface area contributed by atoms with Crippen molar-refractivity contribution >= 4 is 28.3 Å². The normalized spacial score (nSPS) is 13.2. The summed E-state index contributed by atoms with van der Waals surface area (Å²) in [6.07, 6.45) is 0.963. The van der Waals surface area contributed by atoms with E-state index >= 15 is 0 Å². The molecule has 80 valence electrons. The molecule has 0 aliphatic heterocycles. The van der Waals surface area contributed by atoms with Crippen LogP contribution < -0.4 is 5.32 Å². The van der Waals surface area contributed by atoms with E-state index in [2.05, 4.69) is 35.4 Å². The van der Waals surface area contributed by atoms with Gasteiger partial charge in [0.2, 0.25) is 5.13 Å². The Morgan fingerprint density at radius 1 is 1.50 bits per heavy atom. The van der Waals surface area contributed by atoms with E-state index in [-0.39, 0.29) is 5.38 Å². The summed E-state index contributed by atoms with van der Waals surface area (Å²) in [5, 5.41) is 4.22. The van der Waals surface area contributed by atoms with Gasteiger partial charge in [0.15, 0.2) is 0 Å². The third-order valence-electron chi connectivity index (χ3n) is 1.88. The molecule has 0 saturated carbocycles. The molecule has 0 aliphatic carbocycles. The number of hydrogen-bond donors (Lipinski definition) is 1. The average molecular weight is 234 g/mol. The first-order chi connectivity index (χ1) is 6.63. The second-order valence-electron chi connectivity index (χ2n) is 3.50. The van der Waals surface area contributed by atoms with Gasteiger partial charge in [-0.15, -0.1) is 11.6 Å². The molecule has 3 nitrogen and oxygen atoms in total. The largest absolute Gasteiger partial charge is 0.359 e. The molecule has 0 aliphatic rings. The summed E-state index contributed by atoms with van der Waals surface area (Å²) < 4.78 is 4.24. The molecular weight excluding hydrogens is 218 g/mol. The van der Waals surface area contributed by atoms with Gasteiger partial charge in [-0.2, -0.15) is 4.37 Å². The van der Waals surface area contributed by atoms with Crippen molar-refractivity contribution in [2.45, 2.75) is 38.5 Å². The highest BCUT2D eigenvalue weighted by molar-refractivity contribution is 7.09. The summed E-state index contributed by atoms with van der Waals surface area (Å²) >= 11 is 7.38. The lowest BCUT2D eigenvalue weighted by atomic mass is 10.2. The monoisotopic (exact) mass is 233 g/mol. The lowest BCUT2D eigenvalue weighted by Crippen LogP contribution is -2.12. The predicted octanol–water partition coefficient (Wildman–Crippen LogP) is 3.09. The second kappa shape index (κ2) is 5.51. The highest BCUT2D eigenvalue weighted by atomic mass is 35.5. The summed E-state index contributed by atoms with van der Waals surface area (Å²) in [6.45, 7) is 6.99. The molecule has 1 aromatic rings. The van der Waals surface area contributed by atoms with Crippen LogP contribution in [0.3, 0.4) is 0 Å². The summed E-state index contributed by atoms with van der Waals surface area (Å²) in [5.74, 6) is 1.29. The van der Waals surface area contributed by atoms with Gasteiger partial charge in [-0.25, -0.2) is 4.98 Å². The minimum atomic E-state index is 0.168. The Morgan fingerprint density at radius 2 is 2.21 bits per heavy atom. The van der Waals surface area contributed by atoms with Crippen LogP contribution in [0.1, 0.15) is 38.9 Å². The maximum Gasteiger partial charge on any atom is 0.202 e. The molecule has 0 bridgehead atoms. The fourth-order valence-electron chi connectivity index (χ4n) is 0.884. The van der Waals surface area contributed by atoms with E-state index in [0.29, 0.717) is 5.92 Å². The fraction of sp³-hybridized carbons (Fsp3) is 0.778. The van der Waals surface area contributed by atoms with Crippen molar-refractivity contribution in [3.63, 3.8) is 0 Å². The molecular formula is C9H16ClN3S. The Labute approximate surface area is 94.1 Å². The number of anilines is 1. The summed E-state index contributed by atoms with van der Waals surface area (Å²) in [5.41, 5.74) is 0. The molecule has 0 radical (unpaired) electrons. The fourth-order valence-corrected chi connectivity index (χ4v) is 1.67. The molecule has 0 spiro atoms. The van der Waals surface area contributed by atoms with Crippen LogP contribution in [0.5, 0.6) is 0 Å². The van der Waals surface area contributed by atoms with Crippen molar-refractivity contribution in [1.82, 2.24) is 9.36 Å². The van der Waals surface area contributed by atoms with Gasteiger partial charge in [0, 0.05) is 24.0 Å². The highest BCUT2D eigenvalue weighted by Crippen LogP contribution is 2.17. The van der Waals surface area contributed by atoms with Crippen LogP contribution >= 0.6 is 23.1 Å². The Morgan fingerprint density at radius 3 is 2.71 bits per heavy atom. The van der Waals surface area contributed by atoms with Gasteiger partial charge in [-0.05, 0) is 6.42 Å². The Bertz CT molecular complexity index is 275. The SMILES string of the molecule is CCC(Cl)CNc1nc(C(C)C)ns1. The molecule has 1 heterocycles. The third kappa shape index (κ3) is 3.42. The zero-order valence-electron chi connectivity index (χ0n) is 8.75. The summed E-state index contributed by atoms with van der Waals surface area (Å²) in [6, 6.07) is 0. The van der Waals surface area contributed by atoms with E-state index in [0.717, 1.165) is 23.9 Å².